The predicted molar refractivity (Wildman–Crippen MR) is 130 cm³/mol. The number of hydrogen-bond acceptors (Lipinski definition) is 5. The standard InChI is InChI=1S/C27H32N2O6/c1-2-7-18(13-25(30)28-14-19-12-17(15-34-19)26(31)32)29-27(33)35-16-24-22-10-5-3-8-20(22)21-9-4-6-11-23(21)24/h3-6,8-11,17-19,24H,2,7,12-16H2,1H3,(H,28,30)(H,29,33)(H,31,32)/t17-,18+,19-/m0/s1. The predicted octanol–water partition coefficient (Wildman–Crippen LogP) is 3.69. The van der Waals surface area contributed by atoms with E-state index in [0.717, 1.165) is 17.5 Å². The molecule has 186 valence electrons. The van der Waals surface area contributed by atoms with E-state index < -0.39 is 18.0 Å². The maximum atomic E-state index is 12.6. The van der Waals surface area contributed by atoms with Crippen LogP contribution >= 0.6 is 0 Å². The monoisotopic (exact) mass is 480 g/mol. The molecule has 3 N–H and O–H groups in total. The van der Waals surface area contributed by atoms with E-state index in [1.165, 1.54) is 11.1 Å². The van der Waals surface area contributed by atoms with Crippen LogP contribution in [0.2, 0.25) is 0 Å². The Hall–Kier alpha value is -3.39. The van der Waals surface area contributed by atoms with E-state index in [0.29, 0.717) is 12.8 Å². The number of nitrogens with one attached hydrogen (secondary N) is 2. The van der Waals surface area contributed by atoms with Gasteiger partial charge in [0.05, 0.1) is 18.6 Å². The molecule has 1 saturated heterocycles. The summed E-state index contributed by atoms with van der Waals surface area (Å²) in [7, 11) is 0. The second-order valence-electron chi connectivity index (χ2n) is 9.19. The van der Waals surface area contributed by atoms with E-state index in [1.807, 2.05) is 31.2 Å². The third kappa shape index (κ3) is 6.00. The summed E-state index contributed by atoms with van der Waals surface area (Å²) in [6, 6.07) is 16.0. The molecule has 1 aliphatic carbocycles. The van der Waals surface area contributed by atoms with Crippen molar-refractivity contribution in [2.45, 2.75) is 50.7 Å². The molecule has 35 heavy (non-hydrogen) atoms. The summed E-state index contributed by atoms with van der Waals surface area (Å²) in [5, 5.41) is 14.7. The molecule has 0 spiro atoms. The van der Waals surface area contributed by atoms with Crippen molar-refractivity contribution in [3.63, 3.8) is 0 Å². The van der Waals surface area contributed by atoms with Crippen molar-refractivity contribution in [2.24, 2.45) is 5.92 Å². The molecule has 1 aliphatic heterocycles. The first kappa shape index (κ1) is 24.7. The van der Waals surface area contributed by atoms with Crippen molar-refractivity contribution < 1.29 is 29.0 Å². The van der Waals surface area contributed by atoms with E-state index >= 15 is 0 Å². The smallest absolute Gasteiger partial charge is 0.407 e. The van der Waals surface area contributed by atoms with Gasteiger partial charge in [-0.2, -0.15) is 0 Å². The van der Waals surface area contributed by atoms with Crippen LogP contribution in [0.5, 0.6) is 0 Å². The Balaban J connectivity index is 1.27. The number of alkyl carbamates (subject to hydrolysis) is 1. The Kier molecular flexibility index (Phi) is 8.02. The van der Waals surface area contributed by atoms with E-state index in [1.54, 1.807) is 0 Å². The average molecular weight is 481 g/mol. The van der Waals surface area contributed by atoms with Gasteiger partial charge in [-0.15, -0.1) is 0 Å². The van der Waals surface area contributed by atoms with Gasteiger partial charge in [0.2, 0.25) is 5.91 Å². The van der Waals surface area contributed by atoms with Crippen LogP contribution in [0.3, 0.4) is 0 Å². The summed E-state index contributed by atoms with van der Waals surface area (Å²) in [5.41, 5.74) is 4.62. The van der Waals surface area contributed by atoms with Gasteiger partial charge >= 0.3 is 12.1 Å². The number of fused-ring (bicyclic) bond motifs is 3. The molecule has 2 aliphatic rings. The second kappa shape index (κ2) is 11.4. The van der Waals surface area contributed by atoms with Crippen LogP contribution in [0.15, 0.2) is 48.5 Å². The zero-order valence-electron chi connectivity index (χ0n) is 19.9. The molecular formula is C27H32N2O6. The van der Waals surface area contributed by atoms with Crippen molar-refractivity contribution in [3.8, 4) is 11.1 Å². The maximum Gasteiger partial charge on any atom is 0.407 e. The fraction of sp³-hybridized carbons (Fsp3) is 0.444. The van der Waals surface area contributed by atoms with Crippen molar-refractivity contribution in [3.05, 3.63) is 59.7 Å². The quantitative estimate of drug-likeness (QED) is 0.478. The minimum absolute atomic E-state index is 0.0258. The number of carboxylic acids is 1. The highest BCUT2D eigenvalue weighted by atomic mass is 16.5. The summed E-state index contributed by atoms with van der Waals surface area (Å²) >= 11 is 0. The molecule has 0 aromatic heterocycles. The van der Waals surface area contributed by atoms with Crippen molar-refractivity contribution in [2.75, 3.05) is 19.8 Å². The van der Waals surface area contributed by atoms with Crippen LogP contribution in [-0.2, 0) is 19.1 Å². The Labute approximate surface area is 205 Å². The summed E-state index contributed by atoms with van der Waals surface area (Å²) in [5.74, 6) is -1.65. The zero-order chi connectivity index (χ0) is 24.8. The van der Waals surface area contributed by atoms with E-state index in [4.69, 9.17) is 14.6 Å². The lowest BCUT2D eigenvalue weighted by molar-refractivity contribution is -0.141. The summed E-state index contributed by atoms with van der Waals surface area (Å²) < 4.78 is 11.1. The van der Waals surface area contributed by atoms with E-state index in [-0.39, 0.29) is 50.2 Å². The highest BCUT2D eigenvalue weighted by Gasteiger charge is 2.31. The fourth-order valence-corrected chi connectivity index (χ4v) is 4.92. The molecule has 8 nitrogen and oxygen atoms in total. The minimum Gasteiger partial charge on any atom is -0.481 e. The molecular weight excluding hydrogens is 448 g/mol. The SMILES string of the molecule is CCC[C@H](CC(=O)NC[C@@H]1C[C@H](C(=O)O)CO1)NC(=O)OCC1c2ccccc2-c2ccccc21. The van der Waals surface area contributed by atoms with E-state index in [9.17, 15) is 14.4 Å². The van der Waals surface area contributed by atoms with E-state index in [2.05, 4.69) is 34.9 Å². The number of carbonyl (C=O) groups excluding carboxylic acids is 2. The highest BCUT2D eigenvalue weighted by molar-refractivity contribution is 5.79. The number of hydrogen-bond donors (Lipinski definition) is 3. The second-order valence-corrected chi connectivity index (χ2v) is 9.19. The lowest BCUT2D eigenvalue weighted by atomic mass is 9.98. The van der Waals surface area contributed by atoms with Gasteiger partial charge < -0.3 is 25.2 Å². The van der Waals surface area contributed by atoms with Gasteiger partial charge in [0.25, 0.3) is 0 Å². The largest absolute Gasteiger partial charge is 0.481 e. The Morgan fingerprint density at radius 3 is 2.34 bits per heavy atom. The summed E-state index contributed by atoms with van der Waals surface area (Å²) in [6.07, 6.45) is 1.09. The van der Waals surface area contributed by atoms with Crippen LogP contribution < -0.4 is 10.6 Å². The van der Waals surface area contributed by atoms with Crippen molar-refractivity contribution in [1.82, 2.24) is 10.6 Å². The molecule has 0 bridgehead atoms. The molecule has 0 saturated carbocycles. The van der Waals surface area contributed by atoms with Gasteiger partial charge in [0.1, 0.15) is 6.61 Å². The maximum absolute atomic E-state index is 12.6. The molecule has 4 rings (SSSR count). The molecule has 0 unspecified atom stereocenters. The number of carboxylic acid groups (broad SMARTS) is 1. The van der Waals surface area contributed by atoms with Gasteiger partial charge in [0, 0.05) is 24.9 Å². The minimum atomic E-state index is -0.880. The van der Waals surface area contributed by atoms with Crippen LogP contribution in [0.4, 0.5) is 4.79 Å². The molecule has 3 atom stereocenters. The summed E-state index contributed by atoms with van der Waals surface area (Å²) in [6.45, 7) is 2.63. The lowest BCUT2D eigenvalue weighted by Crippen LogP contribution is -2.41. The Morgan fingerprint density at radius 2 is 1.74 bits per heavy atom. The topological polar surface area (TPSA) is 114 Å². The van der Waals surface area contributed by atoms with Gasteiger partial charge in [0.15, 0.2) is 0 Å². The zero-order valence-corrected chi connectivity index (χ0v) is 19.9. The van der Waals surface area contributed by atoms with Crippen LogP contribution in [0.25, 0.3) is 11.1 Å². The van der Waals surface area contributed by atoms with Crippen LogP contribution in [0.1, 0.15) is 49.7 Å². The summed E-state index contributed by atoms with van der Waals surface area (Å²) in [4.78, 5) is 36.1. The first-order valence-electron chi connectivity index (χ1n) is 12.2. The first-order chi connectivity index (χ1) is 17.0. The Bertz CT molecular complexity index is 1030. The lowest BCUT2D eigenvalue weighted by Gasteiger charge is -2.20. The highest BCUT2D eigenvalue weighted by Crippen LogP contribution is 2.44. The number of amides is 2. The van der Waals surface area contributed by atoms with Crippen LogP contribution in [0, 0.1) is 5.92 Å². The molecule has 0 radical (unpaired) electrons. The van der Waals surface area contributed by atoms with Crippen molar-refractivity contribution >= 4 is 18.0 Å². The number of benzene rings is 2. The van der Waals surface area contributed by atoms with Crippen LogP contribution in [-0.4, -0.2) is 55.0 Å². The normalized spacial score (nSPS) is 19.5. The number of aliphatic carboxylic acids is 1. The third-order valence-corrected chi connectivity index (χ3v) is 6.69. The third-order valence-electron chi connectivity index (χ3n) is 6.69. The van der Waals surface area contributed by atoms with Gasteiger partial charge in [-0.1, -0.05) is 61.9 Å². The first-order valence-corrected chi connectivity index (χ1v) is 12.2. The van der Waals surface area contributed by atoms with Gasteiger partial charge in [-0.25, -0.2) is 4.79 Å². The van der Waals surface area contributed by atoms with Gasteiger partial charge in [-0.3, -0.25) is 9.59 Å². The van der Waals surface area contributed by atoms with Crippen molar-refractivity contribution in [1.29, 1.82) is 0 Å². The molecule has 8 heteroatoms. The number of carbonyl (C=O) groups is 3. The fourth-order valence-electron chi connectivity index (χ4n) is 4.92. The molecule has 1 heterocycles. The molecule has 1 fully saturated rings. The number of ether oxygens (including phenoxy) is 2. The molecule has 2 aromatic carbocycles. The molecule has 2 amide bonds. The van der Waals surface area contributed by atoms with Gasteiger partial charge in [-0.05, 0) is 35.1 Å². The Morgan fingerprint density at radius 1 is 1.09 bits per heavy atom. The molecule has 2 aromatic rings. The average Bonchev–Trinajstić information content (AvgIpc) is 3.45. The number of rotatable bonds is 10.